The number of alkyl halides is 3. The molecular formula is C10H9F3N2O3. The van der Waals surface area contributed by atoms with Crippen molar-refractivity contribution in [3.63, 3.8) is 0 Å². The lowest BCUT2D eigenvalue weighted by Gasteiger charge is -2.12. The normalized spacial score (nSPS) is 11.6. The molecule has 0 bridgehead atoms. The Labute approximate surface area is 99.9 Å². The van der Waals surface area contributed by atoms with Crippen LogP contribution in [-0.4, -0.2) is 24.4 Å². The standard InChI is InChI=1S/C10H9F3N2O3/c1-18-8-4-6(10(11,12)13)2-3-7(8)15-9(16)5-14-17/h2-5,17H,1H3,(H,15,16). The van der Waals surface area contributed by atoms with Crippen LogP contribution in [-0.2, 0) is 11.0 Å². The van der Waals surface area contributed by atoms with Crippen molar-refractivity contribution in [1.82, 2.24) is 0 Å². The lowest BCUT2D eigenvalue weighted by Crippen LogP contribution is -2.14. The Hall–Kier alpha value is -2.25. The van der Waals surface area contributed by atoms with Crippen molar-refractivity contribution >= 4 is 17.8 Å². The van der Waals surface area contributed by atoms with Gasteiger partial charge in [0.25, 0.3) is 5.91 Å². The van der Waals surface area contributed by atoms with Gasteiger partial charge in [0.15, 0.2) is 0 Å². The smallest absolute Gasteiger partial charge is 0.416 e. The van der Waals surface area contributed by atoms with Crippen LogP contribution in [0.15, 0.2) is 23.4 Å². The van der Waals surface area contributed by atoms with Crippen molar-refractivity contribution in [2.75, 3.05) is 12.4 Å². The van der Waals surface area contributed by atoms with E-state index in [4.69, 9.17) is 9.94 Å². The van der Waals surface area contributed by atoms with Crippen molar-refractivity contribution in [3.8, 4) is 5.75 Å². The average Bonchev–Trinajstić information content (AvgIpc) is 2.28. The Morgan fingerprint density at radius 2 is 2.17 bits per heavy atom. The van der Waals surface area contributed by atoms with E-state index in [1.54, 1.807) is 0 Å². The molecule has 0 heterocycles. The summed E-state index contributed by atoms with van der Waals surface area (Å²) in [7, 11) is 1.17. The minimum absolute atomic E-state index is 0.0374. The van der Waals surface area contributed by atoms with E-state index in [0.29, 0.717) is 6.21 Å². The van der Waals surface area contributed by atoms with E-state index in [2.05, 4.69) is 10.5 Å². The summed E-state index contributed by atoms with van der Waals surface area (Å²) >= 11 is 0. The summed E-state index contributed by atoms with van der Waals surface area (Å²) in [6, 6.07) is 2.60. The molecule has 0 aliphatic carbocycles. The van der Waals surface area contributed by atoms with Crippen LogP contribution in [0.2, 0.25) is 0 Å². The van der Waals surface area contributed by atoms with E-state index in [1.165, 1.54) is 7.11 Å². The number of rotatable bonds is 3. The molecule has 1 amide bonds. The Morgan fingerprint density at radius 1 is 1.50 bits per heavy atom. The van der Waals surface area contributed by atoms with Gasteiger partial charge in [0.1, 0.15) is 12.0 Å². The second kappa shape index (κ2) is 5.39. The number of anilines is 1. The molecule has 2 N–H and O–H groups in total. The van der Waals surface area contributed by atoms with Crippen LogP contribution in [0.4, 0.5) is 18.9 Å². The first-order valence-electron chi connectivity index (χ1n) is 4.62. The van der Waals surface area contributed by atoms with Crippen molar-refractivity contribution in [1.29, 1.82) is 0 Å². The summed E-state index contributed by atoms with van der Waals surface area (Å²) in [6.45, 7) is 0. The van der Waals surface area contributed by atoms with Crippen LogP contribution >= 0.6 is 0 Å². The van der Waals surface area contributed by atoms with Crippen molar-refractivity contribution in [2.45, 2.75) is 6.18 Å². The monoisotopic (exact) mass is 262 g/mol. The Kier molecular flexibility index (Phi) is 4.13. The Bertz CT molecular complexity index is 472. The number of oxime groups is 1. The first-order valence-corrected chi connectivity index (χ1v) is 4.62. The minimum Gasteiger partial charge on any atom is -0.495 e. The van der Waals surface area contributed by atoms with Gasteiger partial charge >= 0.3 is 6.18 Å². The van der Waals surface area contributed by atoms with Crippen LogP contribution in [0.5, 0.6) is 5.75 Å². The third kappa shape index (κ3) is 3.37. The van der Waals surface area contributed by atoms with Crippen molar-refractivity contribution in [3.05, 3.63) is 23.8 Å². The quantitative estimate of drug-likeness (QED) is 0.498. The van der Waals surface area contributed by atoms with Crippen LogP contribution in [0.3, 0.4) is 0 Å². The molecular weight excluding hydrogens is 253 g/mol. The maximum Gasteiger partial charge on any atom is 0.416 e. The second-order valence-electron chi connectivity index (χ2n) is 3.15. The molecule has 0 saturated heterocycles. The molecule has 0 aromatic heterocycles. The molecule has 98 valence electrons. The number of halogens is 3. The average molecular weight is 262 g/mol. The predicted molar refractivity (Wildman–Crippen MR) is 56.9 cm³/mol. The van der Waals surface area contributed by atoms with Gasteiger partial charge in [-0.3, -0.25) is 4.79 Å². The third-order valence-electron chi connectivity index (χ3n) is 1.96. The van der Waals surface area contributed by atoms with Gasteiger partial charge in [-0.2, -0.15) is 13.2 Å². The topological polar surface area (TPSA) is 70.9 Å². The number of nitrogens with zero attached hydrogens (tertiary/aromatic N) is 1. The second-order valence-corrected chi connectivity index (χ2v) is 3.15. The van der Waals surface area contributed by atoms with E-state index in [9.17, 15) is 18.0 Å². The zero-order valence-electron chi connectivity index (χ0n) is 9.15. The lowest BCUT2D eigenvalue weighted by molar-refractivity contribution is -0.137. The molecule has 18 heavy (non-hydrogen) atoms. The molecule has 0 atom stereocenters. The number of hydrogen-bond acceptors (Lipinski definition) is 4. The predicted octanol–water partition coefficient (Wildman–Crippen LogP) is 2.11. The molecule has 0 aliphatic rings. The lowest BCUT2D eigenvalue weighted by atomic mass is 10.2. The number of ether oxygens (including phenoxy) is 1. The maximum absolute atomic E-state index is 12.4. The number of carbonyl (C=O) groups is 1. The molecule has 0 unspecified atom stereocenters. The SMILES string of the molecule is COc1cc(C(F)(F)F)ccc1NC(=O)C=NO. The minimum atomic E-state index is -4.50. The van der Waals surface area contributed by atoms with Crippen LogP contribution < -0.4 is 10.1 Å². The van der Waals surface area contributed by atoms with Gasteiger partial charge in [-0.1, -0.05) is 5.16 Å². The zero-order valence-corrected chi connectivity index (χ0v) is 9.15. The molecule has 1 aromatic carbocycles. The van der Waals surface area contributed by atoms with E-state index in [1.807, 2.05) is 0 Å². The summed E-state index contributed by atoms with van der Waals surface area (Å²) in [5, 5.41) is 12.8. The number of benzene rings is 1. The van der Waals surface area contributed by atoms with Crippen LogP contribution in [0, 0.1) is 0 Å². The molecule has 0 saturated carbocycles. The molecule has 1 rings (SSSR count). The molecule has 0 fully saturated rings. The third-order valence-corrected chi connectivity index (χ3v) is 1.96. The number of amides is 1. The van der Waals surface area contributed by atoms with E-state index in [0.717, 1.165) is 18.2 Å². The molecule has 0 aliphatic heterocycles. The molecule has 1 aromatic rings. The highest BCUT2D eigenvalue weighted by Gasteiger charge is 2.31. The first kappa shape index (κ1) is 13.8. The summed E-state index contributed by atoms with van der Waals surface area (Å²) in [4.78, 5) is 11.1. The van der Waals surface area contributed by atoms with Gasteiger partial charge < -0.3 is 15.3 Å². The zero-order chi connectivity index (χ0) is 13.8. The summed E-state index contributed by atoms with van der Waals surface area (Å²) in [6.07, 6.45) is -3.93. The van der Waals surface area contributed by atoms with Gasteiger partial charge in [0.2, 0.25) is 0 Å². The summed E-state index contributed by atoms with van der Waals surface area (Å²) < 4.78 is 42.0. The Balaban J connectivity index is 3.04. The number of carbonyl (C=O) groups excluding carboxylic acids is 1. The Morgan fingerprint density at radius 3 is 2.67 bits per heavy atom. The largest absolute Gasteiger partial charge is 0.495 e. The fraction of sp³-hybridized carbons (Fsp3) is 0.200. The van der Waals surface area contributed by atoms with E-state index in [-0.39, 0.29) is 11.4 Å². The van der Waals surface area contributed by atoms with Crippen LogP contribution in [0.1, 0.15) is 5.56 Å². The van der Waals surface area contributed by atoms with Gasteiger partial charge in [-0.25, -0.2) is 0 Å². The fourth-order valence-electron chi connectivity index (χ4n) is 1.19. The molecule has 5 nitrogen and oxygen atoms in total. The number of hydrogen-bond donors (Lipinski definition) is 2. The van der Waals surface area contributed by atoms with Crippen molar-refractivity contribution < 1.29 is 27.9 Å². The van der Waals surface area contributed by atoms with Gasteiger partial charge in [0.05, 0.1) is 18.4 Å². The highest BCUT2D eigenvalue weighted by atomic mass is 19.4. The molecule has 0 spiro atoms. The fourth-order valence-corrected chi connectivity index (χ4v) is 1.19. The van der Waals surface area contributed by atoms with Crippen LogP contribution in [0.25, 0.3) is 0 Å². The van der Waals surface area contributed by atoms with Gasteiger partial charge in [0, 0.05) is 0 Å². The number of nitrogens with one attached hydrogen (secondary N) is 1. The summed E-state index contributed by atoms with van der Waals surface area (Å²) in [5.41, 5.74) is -0.858. The molecule has 8 heteroatoms. The number of methoxy groups -OCH3 is 1. The van der Waals surface area contributed by atoms with E-state index < -0.39 is 17.6 Å². The maximum atomic E-state index is 12.4. The van der Waals surface area contributed by atoms with Gasteiger partial charge in [-0.05, 0) is 18.2 Å². The van der Waals surface area contributed by atoms with E-state index >= 15 is 0 Å². The van der Waals surface area contributed by atoms with Gasteiger partial charge in [-0.15, -0.1) is 0 Å². The highest BCUT2D eigenvalue weighted by molar-refractivity contribution is 6.31. The molecule has 0 radical (unpaired) electrons. The first-order chi connectivity index (χ1) is 8.38. The summed E-state index contributed by atoms with van der Waals surface area (Å²) in [5.74, 6) is -0.944. The highest BCUT2D eigenvalue weighted by Crippen LogP contribution is 2.34. The van der Waals surface area contributed by atoms with Crippen molar-refractivity contribution in [2.24, 2.45) is 5.16 Å².